The Morgan fingerprint density at radius 3 is 2.73 bits per heavy atom. The van der Waals surface area contributed by atoms with Gasteiger partial charge in [0.05, 0.1) is 11.2 Å². The van der Waals surface area contributed by atoms with Gasteiger partial charge in [0.25, 0.3) is 5.91 Å². The van der Waals surface area contributed by atoms with Crippen LogP contribution in [-0.2, 0) is 4.79 Å². The Hall–Kier alpha value is -1.67. The zero-order valence-electron chi connectivity index (χ0n) is 11.2. The Morgan fingerprint density at radius 1 is 1.32 bits per heavy atom. The first-order valence-corrected chi connectivity index (χ1v) is 7.66. The van der Waals surface area contributed by atoms with Crippen LogP contribution >= 0.6 is 34.2 Å². The average molecular weight is 433 g/mol. The Kier molecular flexibility index (Phi) is 6.14. The van der Waals surface area contributed by atoms with Crippen LogP contribution in [0.1, 0.15) is 5.56 Å². The Bertz CT molecular complexity index is 672. The SMILES string of the molecule is O=C(COc1ccc(I)cc1)N/N=C/c1c(F)cccc1Cl. The number of carbonyl (C=O) groups excluding carboxylic acids is 1. The summed E-state index contributed by atoms with van der Waals surface area (Å²) in [6.45, 7) is -0.192. The zero-order chi connectivity index (χ0) is 15.9. The van der Waals surface area contributed by atoms with Crippen molar-refractivity contribution in [1.29, 1.82) is 0 Å². The van der Waals surface area contributed by atoms with Crippen molar-refractivity contribution in [2.45, 2.75) is 0 Å². The summed E-state index contributed by atoms with van der Waals surface area (Å²) in [4.78, 5) is 11.6. The number of amides is 1. The third kappa shape index (κ3) is 4.96. The van der Waals surface area contributed by atoms with E-state index in [1.54, 1.807) is 12.1 Å². The zero-order valence-corrected chi connectivity index (χ0v) is 14.1. The molecule has 0 fully saturated rings. The van der Waals surface area contributed by atoms with Gasteiger partial charge in [-0.3, -0.25) is 4.79 Å². The van der Waals surface area contributed by atoms with Gasteiger partial charge in [-0.15, -0.1) is 0 Å². The van der Waals surface area contributed by atoms with Gasteiger partial charge in [-0.25, -0.2) is 9.82 Å². The van der Waals surface area contributed by atoms with Crippen molar-refractivity contribution >= 4 is 46.3 Å². The van der Waals surface area contributed by atoms with Crippen LogP contribution in [0.25, 0.3) is 0 Å². The highest BCUT2D eigenvalue weighted by atomic mass is 127. The van der Waals surface area contributed by atoms with Gasteiger partial charge in [-0.05, 0) is 59.0 Å². The molecule has 0 unspecified atom stereocenters. The molecule has 0 saturated carbocycles. The molecule has 7 heteroatoms. The topological polar surface area (TPSA) is 50.7 Å². The number of benzene rings is 2. The van der Waals surface area contributed by atoms with Crippen molar-refractivity contribution < 1.29 is 13.9 Å². The van der Waals surface area contributed by atoms with Gasteiger partial charge in [0, 0.05) is 9.13 Å². The van der Waals surface area contributed by atoms with Crippen LogP contribution in [0.5, 0.6) is 5.75 Å². The van der Waals surface area contributed by atoms with Crippen molar-refractivity contribution in [2.24, 2.45) is 5.10 Å². The molecule has 0 aliphatic heterocycles. The second-order valence-electron chi connectivity index (χ2n) is 4.17. The molecule has 1 amide bonds. The lowest BCUT2D eigenvalue weighted by Gasteiger charge is -2.05. The predicted molar refractivity (Wildman–Crippen MR) is 91.8 cm³/mol. The standard InChI is InChI=1S/C15H11ClFIN2O2/c16-13-2-1-3-14(17)12(13)8-19-20-15(21)9-22-11-6-4-10(18)5-7-11/h1-8H,9H2,(H,20,21)/b19-8+. The van der Waals surface area contributed by atoms with Crippen LogP contribution in [0.15, 0.2) is 47.6 Å². The Morgan fingerprint density at radius 2 is 2.05 bits per heavy atom. The van der Waals surface area contributed by atoms with Crippen molar-refractivity contribution in [2.75, 3.05) is 6.61 Å². The minimum atomic E-state index is -0.513. The average Bonchev–Trinajstić information content (AvgIpc) is 2.50. The van der Waals surface area contributed by atoms with E-state index in [9.17, 15) is 9.18 Å². The molecule has 114 valence electrons. The van der Waals surface area contributed by atoms with Crippen molar-refractivity contribution in [1.82, 2.24) is 5.43 Å². The van der Waals surface area contributed by atoms with Crippen LogP contribution in [0.4, 0.5) is 4.39 Å². The highest BCUT2D eigenvalue weighted by molar-refractivity contribution is 14.1. The molecule has 0 aliphatic rings. The summed E-state index contributed by atoms with van der Waals surface area (Å²) in [6, 6.07) is 11.5. The fourth-order valence-corrected chi connectivity index (χ4v) is 2.09. The van der Waals surface area contributed by atoms with E-state index in [-0.39, 0.29) is 17.2 Å². The molecular weight excluding hydrogens is 422 g/mol. The number of hydrogen-bond acceptors (Lipinski definition) is 3. The highest BCUT2D eigenvalue weighted by Gasteiger charge is 2.05. The molecule has 0 spiro atoms. The van der Waals surface area contributed by atoms with Crippen LogP contribution < -0.4 is 10.2 Å². The van der Waals surface area contributed by atoms with Crippen molar-refractivity contribution in [3.63, 3.8) is 0 Å². The van der Waals surface area contributed by atoms with E-state index in [0.29, 0.717) is 5.75 Å². The summed E-state index contributed by atoms with van der Waals surface area (Å²) < 4.78 is 19.8. The van der Waals surface area contributed by atoms with E-state index in [4.69, 9.17) is 16.3 Å². The first kappa shape index (κ1) is 16.7. The molecule has 22 heavy (non-hydrogen) atoms. The lowest BCUT2D eigenvalue weighted by Crippen LogP contribution is -2.24. The van der Waals surface area contributed by atoms with E-state index in [2.05, 4.69) is 33.1 Å². The number of ether oxygens (including phenoxy) is 1. The van der Waals surface area contributed by atoms with Gasteiger partial charge in [-0.1, -0.05) is 17.7 Å². The number of hydrogen-bond donors (Lipinski definition) is 1. The minimum Gasteiger partial charge on any atom is -0.484 e. The minimum absolute atomic E-state index is 0.114. The van der Waals surface area contributed by atoms with E-state index in [0.717, 1.165) is 9.78 Å². The quantitative estimate of drug-likeness (QED) is 0.446. The molecule has 0 radical (unpaired) electrons. The van der Waals surface area contributed by atoms with E-state index >= 15 is 0 Å². The number of halogens is 3. The lowest BCUT2D eigenvalue weighted by atomic mass is 10.2. The summed E-state index contributed by atoms with van der Waals surface area (Å²) in [5.41, 5.74) is 2.36. The third-order valence-electron chi connectivity index (χ3n) is 2.57. The van der Waals surface area contributed by atoms with Crippen LogP contribution in [-0.4, -0.2) is 18.7 Å². The van der Waals surface area contributed by atoms with Gasteiger partial charge in [0.1, 0.15) is 11.6 Å². The van der Waals surface area contributed by atoms with Gasteiger partial charge in [-0.2, -0.15) is 5.10 Å². The maximum absolute atomic E-state index is 13.5. The summed E-state index contributed by atoms with van der Waals surface area (Å²) in [7, 11) is 0. The van der Waals surface area contributed by atoms with Crippen LogP contribution in [0.3, 0.4) is 0 Å². The number of rotatable bonds is 5. The molecule has 0 aromatic heterocycles. The number of hydrazone groups is 1. The second kappa shape index (κ2) is 8.09. The van der Waals surface area contributed by atoms with Crippen molar-refractivity contribution in [3.8, 4) is 5.75 Å². The van der Waals surface area contributed by atoms with Gasteiger partial charge >= 0.3 is 0 Å². The lowest BCUT2D eigenvalue weighted by molar-refractivity contribution is -0.123. The molecule has 0 atom stereocenters. The molecule has 0 aliphatic carbocycles. The van der Waals surface area contributed by atoms with Crippen LogP contribution in [0.2, 0.25) is 5.02 Å². The highest BCUT2D eigenvalue weighted by Crippen LogP contribution is 2.16. The second-order valence-corrected chi connectivity index (χ2v) is 5.82. The van der Waals surface area contributed by atoms with Gasteiger partial charge in [0.15, 0.2) is 6.61 Å². The maximum atomic E-state index is 13.5. The third-order valence-corrected chi connectivity index (χ3v) is 3.61. The van der Waals surface area contributed by atoms with Crippen LogP contribution in [0, 0.1) is 9.39 Å². The number of carbonyl (C=O) groups is 1. The monoisotopic (exact) mass is 432 g/mol. The molecule has 0 bridgehead atoms. The summed E-state index contributed by atoms with van der Waals surface area (Å²) >= 11 is 8.00. The van der Waals surface area contributed by atoms with E-state index in [1.165, 1.54) is 18.2 Å². The Labute approximate surface area is 145 Å². The molecule has 0 heterocycles. The number of nitrogens with zero attached hydrogens (tertiary/aromatic N) is 1. The molecule has 0 saturated heterocycles. The largest absolute Gasteiger partial charge is 0.484 e. The summed E-state index contributed by atoms with van der Waals surface area (Å²) in [5, 5.41) is 3.88. The molecule has 2 rings (SSSR count). The number of nitrogens with one attached hydrogen (secondary N) is 1. The smallest absolute Gasteiger partial charge is 0.277 e. The van der Waals surface area contributed by atoms with Gasteiger partial charge < -0.3 is 4.74 Å². The van der Waals surface area contributed by atoms with E-state index in [1.807, 2.05) is 12.1 Å². The summed E-state index contributed by atoms with van der Waals surface area (Å²) in [5.74, 6) is -0.389. The normalized spacial score (nSPS) is 10.7. The Balaban J connectivity index is 1.85. The fraction of sp³-hybridized carbons (Fsp3) is 0.0667. The predicted octanol–water partition coefficient (Wildman–Crippen LogP) is 3.61. The molecule has 2 aromatic rings. The molecular formula is C15H11ClFIN2O2. The fourth-order valence-electron chi connectivity index (χ4n) is 1.51. The molecule has 2 aromatic carbocycles. The first-order chi connectivity index (χ1) is 10.6. The molecule has 4 nitrogen and oxygen atoms in total. The molecule has 1 N–H and O–H groups in total. The summed E-state index contributed by atoms with van der Waals surface area (Å²) in [6.07, 6.45) is 1.15. The van der Waals surface area contributed by atoms with E-state index < -0.39 is 11.7 Å². The maximum Gasteiger partial charge on any atom is 0.277 e. The first-order valence-electron chi connectivity index (χ1n) is 6.20. The van der Waals surface area contributed by atoms with Gasteiger partial charge in [0.2, 0.25) is 0 Å². The van der Waals surface area contributed by atoms with Crippen molar-refractivity contribution in [3.05, 3.63) is 62.4 Å².